The van der Waals surface area contributed by atoms with Gasteiger partial charge in [0.15, 0.2) is 0 Å². The molecule has 0 aliphatic heterocycles. The smallest absolute Gasteiger partial charge is 0.131 e. The molecule has 2 aromatic rings. The highest BCUT2D eigenvalue weighted by Crippen LogP contribution is 2.36. The Kier molecular flexibility index (Phi) is 6.01. The van der Waals surface area contributed by atoms with Gasteiger partial charge in [0, 0.05) is 23.9 Å². The van der Waals surface area contributed by atoms with Crippen LogP contribution in [-0.4, -0.2) is 9.97 Å². The summed E-state index contributed by atoms with van der Waals surface area (Å²) in [5.74, 6) is 2.56. The molecule has 1 aliphatic rings. The Labute approximate surface area is 146 Å². The van der Waals surface area contributed by atoms with Gasteiger partial charge in [0.2, 0.25) is 0 Å². The lowest BCUT2D eigenvalue weighted by Crippen LogP contribution is -2.15. The third-order valence-electron chi connectivity index (χ3n) is 5.41. The average Bonchev–Trinajstić information content (AvgIpc) is 2.64. The lowest BCUT2D eigenvalue weighted by atomic mass is 9.80. The molecule has 3 rings (SSSR count). The van der Waals surface area contributed by atoms with Crippen LogP contribution >= 0.6 is 0 Å². The number of rotatable bonds is 6. The average molecular weight is 322 g/mol. The van der Waals surface area contributed by atoms with Crippen molar-refractivity contribution in [1.29, 1.82) is 0 Å². The number of aryl methyl sites for hydroxylation is 1. The molecule has 0 saturated heterocycles. The van der Waals surface area contributed by atoms with Gasteiger partial charge in [0.05, 0.1) is 0 Å². The molecule has 2 heteroatoms. The van der Waals surface area contributed by atoms with Gasteiger partial charge < -0.3 is 0 Å². The maximum Gasteiger partial charge on any atom is 0.131 e. The second kappa shape index (κ2) is 8.41. The molecule has 0 bridgehead atoms. The summed E-state index contributed by atoms with van der Waals surface area (Å²) >= 11 is 0. The van der Waals surface area contributed by atoms with Crippen molar-refractivity contribution in [3.05, 3.63) is 48.0 Å². The molecule has 1 fully saturated rings. The van der Waals surface area contributed by atoms with Crippen molar-refractivity contribution in [3.63, 3.8) is 0 Å². The summed E-state index contributed by atoms with van der Waals surface area (Å²) in [5.41, 5.74) is 3.75. The van der Waals surface area contributed by atoms with Crippen molar-refractivity contribution < 1.29 is 0 Å². The van der Waals surface area contributed by atoms with Crippen LogP contribution in [0.2, 0.25) is 0 Å². The van der Waals surface area contributed by atoms with Crippen LogP contribution in [-0.2, 0) is 6.42 Å². The van der Waals surface area contributed by atoms with Gasteiger partial charge in [0.25, 0.3) is 0 Å². The maximum absolute atomic E-state index is 4.70. The van der Waals surface area contributed by atoms with E-state index in [-0.39, 0.29) is 0 Å². The summed E-state index contributed by atoms with van der Waals surface area (Å²) in [5, 5.41) is 0. The first-order valence-electron chi connectivity index (χ1n) is 9.71. The van der Waals surface area contributed by atoms with Crippen molar-refractivity contribution in [2.24, 2.45) is 5.92 Å². The molecule has 0 unspecified atom stereocenters. The Balaban J connectivity index is 1.63. The predicted molar refractivity (Wildman–Crippen MR) is 101 cm³/mol. The van der Waals surface area contributed by atoms with Gasteiger partial charge in [0.1, 0.15) is 5.82 Å². The first-order valence-corrected chi connectivity index (χ1v) is 9.71. The zero-order valence-electron chi connectivity index (χ0n) is 15.2. The summed E-state index contributed by atoms with van der Waals surface area (Å²) in [6.45, 7) is 4.51. The predicted octanol–water partition coefficient (Wildman–Crippen LogP) is 6.17. The van der Waals surface area contributed by atoms with E-state index >= 15 is 0 Å². The molecule has 0 spiro atoms. The zero-order chi connectivity index (χ0) is 16.8. The molecule has 0 N–H and O–H groups in total. The summed E-state index contributed by atoms with van der Waals surface area (Å²) in [7, 11) is 0. The molecule has 1 aliphatic carbocycles. The second-order valence-corrected chi connectivity index (χ2v) is 7.28. The van der Waals surface area contributed by atoms with Crippen molar-refractivity contribution in [2.45, 2.75) is 71.1 Å². The molecule has 128 valence electrons. The van der Waals surface area contributed by atoms with Gasteiger partial charge in [-0.05, 0) is 49.1 Å². The molecular weight excluding hydrogens is 292 g/mol. The largest absolute Gasteiger partial charge is 0.240 e. The lowest BCUT2D eigenvalue weighted by molar-refractivity contribution is 0.302. The highest BCUT2D eigenvalue weighted by Gasteiger charge is 2.23. The first kappa shape index (κ1) is 17.1. The Bertz CT molecular complexity index is 607. The molecular formula is C22H30N2. The highest BCUT2D eigenvalue weighted by molar-refractivity contribution is 5.61. The number of benzene rings is 1. The fourth-order valence-electron chi connectivity index (χ4n) is 3.97. The Hall–Kier alpha value is -1.70. The van der Waals surface area contributed by atoms with E-state index in [0.717, 1.165) is 23.7 Å². The monoisotopic (exact) mass is 322 g/mol. The third-order valence-corrected chi connectivity index (χ3v) is 5.41. The van der Waals surface area contributed by atoms with E-state index in [2.05, 4.69) is 38.1 Å². The van der Waals surface area contributed by atoms with E-state index in [1.165, 1.54) is 56.1 Å². The van der Waals surface area contributed by atoms with Crippen LogP contribution in [0.5, 0.6) is 0 Å². The molecule has 1 aromatic carbocycles. The molecule has 0 amide bonds. The van der Waals surface area contributed by atoms with Gasteiger partial charge >= 0.3 is 0 Å². The minimum Gasteiger partial charge on any atom is -0.240 e. The van der Waals surface area contributed by atoms with Gasteiger partial charge in [-0.2, -0.15) is 0 Å². The maximum atomic E-state index is 4.70. The highest BCUT2D eigenvalue weighted by atomic mass is 14.9. The van der Waals surface area contributed by atoms with Crippen LogP contribution in [0.4, 0.5) is 0 Å². The number of aromatic nitrogens is 2. The van der Waals surface area contributed by atoms with Crippen molar-refractivity contribution >= 4 is 0 Å². The first-order chi connectivity index (χ1) is 11.8. The zero-order valence-corrected chi connectivity index (χ0v) is 15.2. The van der Waals surface area contributed by atoms with Crippen LogP contribution in [0.15, 0.2) is 36.7 Å². The molecule has 0 radical (unpaired) electrons. The summed E-state index contributed by atoms with van der Waals surface area (Å²) in [6.07, 6.45) is 14.3. The summed E-state index contributed by atoms with van der Waals surface area (Å²) < 4.78 is 0. The molecule has 1 saturated carbocycles. The SMILES string of the molecule is CCCc1ccc(-c2cnc(C3CCC(CCC)CC3)nc2)cc1. The van der Waals surface area contributed by atoms with E-state index in [9.17, 15) is 0 Å². The minimum absolute atomic E-state index is 0.569. The van der Waals surface area contributed by atoms with Crippen LogP contribution in [0, 0.1) is 5.92 Å². The standard InChI is InChI=1S/C22H30N2/c1-3-5-17-7-11-19(12-8-17)21-15-23-22(24-16-21)20-13-9-18(6-4-2)10-14-20/h7-8,11-12,15-16,18,20H,3-6,9-10,13-14H2,1-2H3. The van der Waals surface area contributed by atoms with E-state index < -0.39 is 0 Å². The van der Waals surface area contributed by atoms with E-state index in [1.807, 2.05) is 12.4 Å². The Morgan fingerprint density at radius 1 is 0.833 bits per heavy atom. The molecule has 24 heavy (non-hydrogen) atoms. The normalized spacial score (nSPS) is 20.9. The van der Waals surface area contributed by atoms with Crippen LogP contribution in [0.3, 0.4) is 0 Å². The van der Waals surface area contributed by atoms with Gasteiger partial charge in [-0.1, -0.05) is 57.4 Å². The molecule has 1 aromatic heterocycles. The molecule has 1 heterocycles. The van der Waals surface area contributed by atoms with Crippen molar-refractivity contribution in [3.8, 4) is 11.1 Å². The topological polar surface area (TPSA) is 25.8 Å². The fourth-order valence-corrected chi connectivity index (χ4v) is 3.97. The van der Waals surface area contributed by atoms with Crippen LogP contribution < -0.4 is 0 Å². The van der Waals surface area contributed by atoms with E-state index in [0.29, 0.717) is 5.92 Å². The number of nitrogens with zero attached hydrogens (tertiary/aromatic N) is 2. The lowest BCUT2D eigenvalue weighted by Gasteiger charge is -2.27. The van der Waals surface area contributed by atoms with E-state index in [4.69, 9.17) is 9.97 Å². The van der Waals surface area contributed by atoms with Crippen LogP contribution in [0.25, 0.3) is 11.1 Å². The van der Waals surface area contributed by atoms with E-state index in [1.54, 1.807) is 0 Å². The van der Waals surface area contributed by atoms with Gasteiger partial charge in [-0.3, -0.25) is 0 Å². The quantitative estimate of drug-likeness (QED) is 0.635. The fraction of sp³-hybridized carbons (Fsp3) is 0.545. The van der Waals surface area contributed by atoms with Gasteiger partial charge in [-0.15, -0.1) is 0 Å². The molecule has 0 atom stereocenters. The molecule has 2 nitrogen and oxygen atoms in total. The Morgan fingerprint density at radius 3 is 2.08 bits per heavy atom. The van der Waals surface area contributed by atoms with Crippen LogP contribution in [0.1, 0.15) is 76.1 Å². The number of hydrogen-bond acceptors (Lipinski definition) is 2. The second-order valence-electron chi connectivity index (χ2n) is 7.28. The summed E-state index contributed by atoms with van der Waals surface area (Å²) in [4.78, 5) is 9.39. The van der Waals surface area contributed by atoms with Crippen molar-refractivity contribution in [2.75, 3.05) is 0 Å². The van der Waals surface area contributed by atoms with Gasteiger partial charge in [-0.25, -0.2) is 9.97 Å². The minimum atomic E-state index is 0.569. The summed E-state index contributed by atoms with van der Waals surface area (Å²) in [6, 6.07) is 8.84. The number of hydrogen-bond donors (Lipinski definition) is 0. The Morgan fingerprint density at radius 2 is 1.50 bits per heavy atom. The third kappa shape index (κ3) is 4.23. The van der Waals surface area contributed by atoms with Crippen molar-refractivity contribution in [1.82, 2.24) is 9.97 Å².